The monoisotopic (exact) mass is 635 g/mol. The van der Waals surface area contributed by atoms with Crippen molar-refractivity contribution in [3.05, 3.63) is 113 Å². The Kier molecular flexibility index (Phi) is 9.32. The van der Waals surface area contributed by atoms with E-state index in [0.717, 1.165) is 10.4 Å². The summed E-state index contributed by atoms with van der Waals surface area (Å²) in [6, 6.07) is 21.5. The average molecular weight is 636 g/mol. The van der Waals surface area contributed by atoms with E-state index in [1.807, 2.05) is 50.2 Å². The smallest absolute Gasteiger partial charge is 0.261 e. The molecule has 5 rings (SSSR count). The Morgan fingerprint density at radius 3 is 2.02 bits per heavy atom. The van der Waals surface area contributed by atoms with E-state index in [4.69, 9.17) is 20.8 Å². The van der Waals surface area contributed by atoms with Crippen LogP contribution in [0.3, 0.4) is 0 Å². The molecule has 0 unspecified atom stereocenters. The number of hydrogen-bond acceptors (Lipinski definition) is 6. The maximum atomic E-state index is 16.3. The fourth-order valence-electron chi connectivity index (χ4n) is 6.20. The van der Waals surface area contributed by atoms with Gasteiger partial charge in [-0.3, -0.25) is 4.79 Å². The summed E-state index contributed by atoms with van der Waals surface area (Å²) in [4.78, 5) is 23.2. The lowest BCUT2D eigenvalue weighted by Crippen LogP contribution is -2.66. The second kappa shape index (κ2) is 12.8. The van der Waals surface area contributed by atoms with Crippen LogP contribution in [0, 0.1) is 11.6 Å². The first kappa shape index (κ1) is 31.9. The van der Waals surface area contributed by atoms with Crippen LogP contribution < -0.4 is 15.3 Å². The zero-order chi connectivity index (χ0) is 31.6. The highest BCUT2D eigenvalue weighted by Crippen LogP contribution is 2.39. The number of carbonyl (C=O) groups excluding carboxylic acids is 1. The third-order valence-corrected chi connectivity index (χ3v) is 13.2. The first-order valence-electron chi connectivity index (χ1n) is 14.6. The number of anilines is 1. The average Bonchev–Trinajstić information content (AvgIpc) is 2.99. The van der Waals surface area contributed by atoms with E-state index in [1.165, 1.54) is 18.5 Å². The van der Waals surface area contributed by atoms with E-state index < -0.39 is 31.3 Å². The Labute approximate surface area is 263 Å². The van der Waals surface area contributed by atoms with Gasteiger partial charge in [-0.15, -0.1) is 0 Å². The predicted molar refractivity (Wildman–Crippen MR) is 171 cm³/mol. The van der Waals surface area contributed by atoms with Crippen LogP contribution in [0.4, 0.5) is 14.5 Å². The van der Waals surface area contributed by atoms with Crippen molar-refractivity contribution in [2.45, 2.75) is 58.5 Å². The van der Waals surface area contributed by atoms with Crippen LogP contribution in [0.5, 0.6) is 0 Å². The van der Waals surface area contributed by atoms with Crippen molar-refractivity contribution in [1.82, 2.24) is 9.97 Å². The number of benzene rings is 3. The summed E-state index contributed by atoms with van der Waals surface area (Å²) in [5.41, 5.74) is -0.331. The maximum Gasteiger partial charge on any atom is 0.261 e. The zero-order valence-corrected chi connectivity index (χ0v) is 27.2. The summed E-state index contributed by atoms with van der Waals surface area (Å²) in [6.45, 7) is 10.8. The minimum absolute atomic E-state index is 0.0595. The van der Waals surface area contributed by atoms with Crippen LogP contribution in [-0.2, 0) is 15.8 Å². The fourth-order valence-corrected chi connectivity index (χ4v) is 10.9. The highest BCUT2D eigenvalue weighted by Gasteiger charge is 2.50. The van der Waals surface area contributed by atoms with Gasteiger partial charge in [0.2, 0.25) is 5.78 Å². The lowest BCUT2D eigenvalue weighted by atomic mass is 10.0. The Bertz CT molecular complexity index is 1590. The van der Waals surface area contributed by atoms with Gasteiger partial charge in [-0.1, -0.05) is 93.0 Å². The van der Waals surface area contributed by atoms with Crippen LogP contribution >= 0.6 is 11.6 Å². The highest BCUT2D eigenvalue weighted by atomic mass is 35.5. The van der Waals surface area contributed by atoms with Gasteiger partial charge in [0.1, 0.15) is 5.69 Å². The molecule has 1 aliphatic rings. The van der Waals surface area contributed by atoms with Crippen LogP contribution in [0.1, 0.15) is 56.2 Å². The van der Waals surface area contributed by atoms with Crippen molar-refractivity contribution in [3.8, 4) is 0 Å². The van der Waals surface area contributed by atoms with Gasteiger partial charge >= 0.3 is 0 Å². The summed E-state index contributed by atoms with van der Waals surface area (Å²) >= 11 is 6.14. The van der Waals surface area contributed by atoms with Gasteiger partial charge in [0.05, 0.1) is 30.1 Å². The van der Waals surface area contributed by atoms with E-state index in [0.29, 0.717) is 18.7 Å². The van der Waals surface area contributed by atoms with Crippen LogP contribution in [-0.4, -0.2) is 49.4 Å². The number of aromatic nitrogens is 2. The second-order valence-electron chi connectivity index (χ2n) is 12.2. The summed E-state index contributed by atoms with van der Waals surface area (Å²) in [5, 5.41) is 1.53. The number of nitrogens with zero attached hydrogens (tertiary/aromatic N) is 3. The minimum Gasteiger partial charge on any atom is -0.403 e. The van der Waals surface area contributed by atoms with Crippen LogP contribution in [0.25, 0.3) is 0 Å². The van der Waals surface area contributed by atoms with Crippen molar-refractivity contribution >= 4 is 41.8 Å². The molecular formula is C34H36ClF2N3O3Si. The molecule has 1 aliphatic heterocycles. The van der Waals surface area contributed by atoms with E-state index in [-0.39, 0.29) is 40.4 Å². The normalized spacial score (nSPS) is 17.5. The number of morpholine rings is 1. The number of halogens is 3. The molecule has 0 aliphatic carbocycles. The van der Waals surface area contributed by atoms with Gasteiger partial charge < -0.3 is 14.1 Å². The molecule has 0 spiro atoms. The van der Waals surface area contributed by atoms with E-state index in [2.05, 4.69) is 55.0 Å². The third-order valence-electron chi connectivity index (χ3n) is 7.97. The number of rotatable bonds is 8. The largest absolute Gasteiger partial charge is 0.403 e. The van der Waals surface area contributed by atoms with Crippen LogP contribution in [0.15, 0.2) is 79.1 Å². The molecule has 10 heteroatoms. The lowest BCUT2D eigenvalue weighted by Gasteiger charge is -2.43. The van der Waals surface area contributed by atoms with Crippen molar-refractivity contribution in [2.24, 2.45) is 0 Å². The number of hydrogen-bond donors (Lipinski definition) is 0. The summed E-state index contributed by atoms with van der Waals surface area (Å²) in [5.74, 6) is -3.26. The molecule has 0 N–H and O–H groups in total. The van der Waals surface area contributed by atoms with Crippen molar-refractivity contribution < 1.29 is 22.7 Å². The maximum absolute atomic E-state index is 16.3. The van der Waals surface area contributed by atoms with Gasteiger partial charge in [0.15, 0.2) is 16.8 Å². The van der Waals surface area contributed by atoms with Crippen molar-refractivity contribution in [1.29, 1.82) is 0 Å². The topological polar surface area (TPSA) is 64.5 Å². The molecule has 0 saturated carbocycles. The molecule has 0 radical (unpaired) electrons. The fraction of sp³-hybridized carbons (Fsp3) is 0.324. The summed E-state index contributed by atoms with van der Waals surface area (Å²) in [6.07, 6.45) is 2.17. The number of ether oxygens (including phenoxy) is 1. The lowest BCUT2D eigenvalue weighted by molar-refractivity contribution is -0.00553. The van der Waals surface area contributed by atoms with Gasteiger partial charge in [-0.25, -0.2) is 18.7 Å². The summed E-state index contributed by atoms with van der Waals surface area (Å²) < 4.78 is 45.2. The molecule has 2 atom stereocenters. The highest BCUT2D eigenvalue weighted by molar-refractivity contribution is 6.99. The molecule has 230 valence electrons. The predicted octanol–water partition coefficient (Wildman–Crippen LogP) is 6.33. The number of ketones is 1. The molecule has 1 aromatic heterocycles. The van der Waals surface area contributed by atoms with Gasteiger partial charge in [-0.05, 0) is 35.3 Å². The van der Waals surface area contributed by atoms with Crippen molar-refractivity contribution in [3.63, 3.8) is 0 Å². The number of carbonyl (C=O) groups is 1. The van der Waals surface area contributed by atoms with E-state index >= 15 is 8.78 Å². The first-order valence-corrected chi connectivity index (χ1v) is 16.9. The molecule has 2 heterocycles. The summed E-state index contributed by atoms with van der Waals surface area (Å²) in [7, 11) is -3.07. The molecule has 1 saturated heterocycles. The Balaban J connectivity index is 1.69. The molecule has 3 aromatic carbocycles. The molecule has 44 heavy (non-hydrogen) atoms. The molecule has 0 amide bonds. The molecule has 6 nitrogen and oxygen atoms in total. The Hall–Kier alpha value is -3.50. The van der Waals surface area contributed by atoms with Gasteiger partial charge in [0, 0.05) is 31.0 Å². The van der Waals surface area contributed by atoms with Crippen molar-refractivity contribution in [2.75, 3.05) is 18.0 Å². The second-order valence-corrected chi connectivity index (χ2v) is 16.9. The Morgan fingerprint density at radius 1 is 0.955 bits per heavy atom. The van der Waals surface area contributed by atoms with E-state index in [9.17, 15) is 4.79 Å². The minimum atomic E-state index is -3.07. The SMILES string of the molecule is C[C@@H]1CN(c2c(CO[Si](c3ccccc3)(c3ccccc3)C(C)(C)C)cc(C(=O)c3nccnc3Cl)c(F)c2F)C[C@H](C)O1. The molecule has 4 aromatic rings. The van der Waals surface area contributed by atoms with Gasteiger partial charge in [-0.2, -0.15) is 0 Å². The first-order chi connectivity index (χ1) is 20.9. The third kappa shape index (κ3) is 6.06. The van der Waals surface area contributed by atoms with E-state index in [1.54, 1.807) is 4.90 Å². The molecule has 0 bridgehead atoms. The zero-order valence-electron chi connectivity index (χ0n) is 25.5. The molecule has 1 fully saturated rings. The standard InChI is InChI=1S/C34H36ClF2N3O3Si/c1-22-19-40(20-23(2)43-22)31-24(18-27(28(36)29(31)37)32(41)30-33(35)39-17-16-38-30)21-42-44(34(3,4)5,25-12-8-6-9-13-25)26-14-10-7-11-15-26/h6-18,22-23H,19-21H2,1-5H3/t22-,23+. The Morgan fingerprint density at radius 2 is 1.50 bits per heavy atom. The van der Waals surface area contributed by atoms with Gasteiger partial charge in [0.25, 0.3) is 8.32 Å². The van der Waals surface area contributed by atoms with Crippen LogP contribution in [0.2, 0.25) is 10.2 Å². The quantitative estimate of drug-likeness (QED) is 0.167. The molecular weight excluding hydrogens is 600 g/mol.